The molecule has 0 bridgehead atoms. The second kappa shape index (κ2) is 7.67. The Labute approximate surface area is 94.5 Å². The first-order valence-electron chi connectivity index (χ1n) is 5.85. The van der Waals surface area contributed by atoms with Gasteiger partial charge in [-0.1, -0.05) is 6.92 Å². The Morgan fingerprint density at radius 3 is 2.47 bits per heavy atom. The van der Waals surface area contributed by atoms with Crippen molar-refractivity contribution in [1.82, 2.24) is 10.2 Å². The highest BCUT2D eigenvalue weighted by Crippen LogP contribution is 2.12. The molecule has 0 aromatic heterocycles. The van der Waals surface area contributed by atoms with Gasteiger partial charge in [-0.15, -0.1) is 0 Å². The third kappa shape index (κ3) is 7.35. The first kappa shape index (κ1) is 14.4. The summed E-state index contributed by atoms with van der Waals surface area (Å²) >= 11 is 0. The van der Waals surface area contributed by atoms with E-state index in [1.165, 1.54) is 0 Å². The molecule has 0 amide bonds. The second-order valence-electron chi connectivity index (χ2n) is 4.63. The van der Waals surface area contributed by atoms with E-state index in [1.54, 1.807) is 0 Å². The first-order chi connectivity index (χ1) is 7.04. The molecule has 0 rings (SSSR count). The van der Waals surface area contributed by atoms with Gasteiger partial charge in [-0.2, -0.15) is 5.26 Å². The van der Waals surface area contributed by atoms with E-state index in [9.17, 15) is 0 Å². The van der Waals surface area contributed by atoms with Crippen LogP contribution in [0.1, 0.15) is 39.5 Å². The van der Waals surface area contributed by atoms with Crippen LogP contribution in [0.15, 0.2) is 0 Å². The molecule has 1 N–H and O–H groups in total. The lowest BCUT2D eigenvalue weighted by Crippen LogP contribution is -2.41. The molecule has 15 heavy (non-hydrogen) atoms. The normalized spacial score (nSPS) is 14.9. The van der Waals surface area contributed by atoms with Crippen LogP contribution in [0.5, 0.6) is 0 Å². The zero-order valence-electron chi connectivity index (χ0n) is 10.6. The summed E-state index contributed by atoms with van der Waals surface area (Å²) < 4.78 is 0. The van der Waals surface area contributed by atoms with Crippen LogP contribution in [0.4, 0.5) is 0 Å². The van der Waals surface area contributed by atoms with Gasteiger partial charge in [0, 0.05) is 0 Å². The molecule has 0 aromatic carbocycles. The van der Waals surface area contributed by atoms with Crippen LogP contribution in [0.3, 0.4) is 0 Å². The molecular weight excluding hydrogens is 186 g/mol. The predicted octanol–water partition coefficient (Wildman–Crippen LogP) is 2.00. The number of hydrogen-bond acceptors (Lipinski definition) is 3. The van der Waals surface area contributed by atoms with Crippen LogP contribution in [0.2, 0.25) is 0 Å². The van der Waals surface area contributed by atoms with Gasteiger partial charge in [-0.25, -0.2) is 0 Å². The van der Waals surface area contributed by atoms with E-state index in [1.807, 2.05) is 6.92 Å². The van der Waals surface area contributed by atoms with Crippen LogP contribution in [-0.4, -0.2) is 37.6 Å². The molecular formula is C12H25N3. The summed E-state index contributed by atoms with van der Waals surface area (Å²) in [5.41, 5.74) is -0.331. The van der Waals surface area contributed by atoms with E-state index >= 15 is 0 Å². The number of nitrogens with one attached hydrogen (secondary N) is 1. The summed E-state index contributed by atoms with van der Waals surface area (Å²) in [4.78, 5) is 2.18. The highest BCUT2D eigenvalue weighted by atomic mass is 15.0. The minimum Gasteiger partial charge on any atom is -0.309 e. The summed E-state index contributed by atoms with van der Waals surface area (Å²) in [6.45, 7) is 6.15. The van der Waals surface area contributed by atoms with Crippen molar-refractivity contribution in [3.05, 3.63) is 0 Å². The van der Waals surface area contributed by atoms with E-state index in [-0.39, 0.29) is 5.54 Å². The predicted molar refractivity (Wildman–Crippen MR) is 64.7 cm³/mol. The van der Waals surface area contributed by atoms with Gasteiger partial charge < -0.3 is 4.90 Å². The molecule has 3 heteroatoms. The molecule has 3 nitrogen and oxygen atoms in total. The second-order valence-corrected chi connectivity index (χ2v) is 4.63. The van der Waals surface area contributed by atoms with Crippen molar-refractivity contribution in [3.63, 3.8) is 0 Å². The summed E-state index contributed by atoms with van der Waals surface area (Å²) in [6, 6.07) is 2.38. The summed E-state index contributed by atoms with van der Waals surface area (Å²) in [6.07, 6.45) is 4.29. The molecule has 88 valence electrons. The zero-order chi connectivity index (χ0) is 11.7. The Morgan fingerprint density at radius 2 is 2.00 bits per heavy atom. The maximum absolute atomic E-state index is 9.10. The maximum atomic E-state index is 9.10. The quantitative estimate of drug-likeness (QED) is 0.624. The summed E-state index contributed by atoms with van der Waals surface area (Å²) in [7, 11) is 4.16. The van der Waals surface area contributed by atoms with Gasteiger partial charge >= 0.3 is 0 Å². The molecule has 0 spiro atoms. The van der Waals surface area contributed by atoms with E-state index in [4.69, 9.17) is 5.26 Å². The smallest absolute Gasteiger partial charge is 0.103 e. The standard InChI is InChI=1S/C12H25N3/c1-5-9-14-12(2,11-13)8-6-7-10-15(3)4/h14H,5-10H2,1-4H3. The lowest BCUT2D eigenvalue weighted by molar-refractivity contribution is 0.360. The maximum Gasteiger partial charge on any atom is 0.103 e. The minimum atomic E-state index is -0.331. The van der Waals surface area contributed by atoms with Gasteiger partial charge in [-0.05, 0) is 59.8 Å². The Kier molecular flexibility index (Phi) is 7.37. The molecule has 0 aliphatic rings. The molecule has 1 atom stereocenters. The molecule has 0 fully saturated rings. The van der Waals surface area contributed by atoms with E-state index in [0.717, 1.165) is 38.8 Å². The Hall–Kier alpha value is -0.590. The fraction of sp³-hybridized carbons (Fsp3) is 0.917. The fourth-order valence-corrected chi connectivity index (χ4v) is 1.49. The largest absolute Gasteiger partial charge is 0.309 e. The Morgan fingerprint density at radius 1 is 1.33 bits per heavy atom. The average Bonchev–Trinajstić information content (AvgIpc) is 2.21. The van der Waals surface area contributed by atoms with Crippen molar-refractivity contribution in [3.8, 4) is 6.07 Å². The Balaban J connectivity index is 3.74. The van der Waals surface area contributed by atoms with Crippen molar-refractivity contribution in [2.24, 2.45) is 0 Å². The van der Waals surface area contributed by atoms with Gasteiger partial charge in [0.1, 0.15) is 5.54 Å². The van der Waals surface area contributed by atoms with Gasteiger partial charge in [-0.3, -0.25) is 5.32 Å². The van der Waals surface area contributed by atoms with E-state index < -0.39 is 0 Å². The van der Waals surface area contributed by atoms with Crippen molar-refractivity contribution in [1.29, 1.82) is 5.26 Å². The average molecular weight is 211 g/mol. The number of rotatable bonds is 8. The van der Waals surface area contributed by atoms with Crippen LogP contribution in [0.25, 0.3) is 0 Å². The monoisotopic (exact) mass is 211 g/mol. The van der Waals surface area contributed by atoms with Crippen molar-refractivity contribution >= 4 is 0 Å². The molecule has 1 unspecified atom stereocenters. The number of hydrogen-bond donors (Lipinski definition) is 1. The zero-order valence-corrected chi connectivity index (χ0v) is 10.6. The molecule has 0 aromatic rings. The SMILES string of the molecule is CCCNC(C)(C#N)CCCCN(C)C. The summed E-state index contributed by atoms with van der Waals surface area (Å²) in [5, 5.41) is 12.4. The first-order valence-corrected chi connectivity index (χ1v) is 5.85. The highest BCUT2D eigenvalue weighted by molar-refractivity contribution is 5.03. The summed E-state index contributed by atoms with van der Waals surface area (Å²) in [5.74, 6) is 0. The molecule has 0 saturated carbocycles. The fourth-order valence-electron chi connectivity index (χ4n) is 1.49. The van der Waals surface area contributed by atoms with Crippen molar-refractivity contribution in [2.45, 2.75) is 45.1 Å². The topological polar surface area (TPSA) is 39.1 Å². The van der Waals surface area contributed by atoms with Gasteiger partial charge in [0.05, 0.1) is 6.07 Å². The Bertz CT molecular complexity index is 196. The highest BCUT2D eigenvalue weighted by Gasteiger charge is 2.21. The molecule has 0 heterocycles. The lowest BCUT2D eigenvalue weighted by Gasteiger charge is -2.23. The molecule has 0 aliphatic heterocycles. The van der Waals surface area contributed by atoms with Crippen molar-refractivity contribution in [2.75, 3.05) is 27.2 Å². The lowest BCUT2D eigenvalue weighted by atomic mass is 9.96. The van der Waals surface area contributed by atoms with Crippen LogP contribution < -0.4 is 5.32 Å². The van der Waals surface area contributed by atoms with Gasteiger partial charge in [0.25, 0.3) is 0 Å². The molecule has 0 aliphatic carbocycles. The third-order valence-corrected chi connectivity index (χ3v) is 2.54. The third-order valence-electron chi connectivity index (χ3n) is 2.54. The number of unbranched alkanes of at least 4 members (excludes halogenated alkanes) is 1. The van der Waals surface area contributed by atoms with Gasteiger partial charge in [0.15, 0.2) is 0 Å². The van der Waals surface area contributed by atoms with E-state index in [0.29, 0.717) is 0 Å². The van der Waals surface area contributed by atoms with Gasteiger partial charge in [0.2, 0.25) is 0 Å². The van der Waals surface area contributed by atoms with Crippen LogP contribution in [0, 0.1) is 11.3 Å². The number of nitrogens with zero attached hydrogens (tertiary/aromatic N) is 2. The van der Waals surface area contributed by atoms with E-state index in [2.05, 4.69) is 37.3 Å². The minimum absolute atomic E-state index is 0.331. The molecule has 0 saturated heterocycles. The van der Waals surface area contributed by atoms with Crippen LogP contribution in [-0.2, 0) is 0 Å². The van der Waals surface area contributed by atoms with Crippen molar-refractivity contribution < 1.29 is 0 Å². The van der Waals surface area contributed by atoms with Crippen LogP contribution >= 0.6 is 0 Å². The number of nitriles is 1. The molecule has 0 radical (unpaired) electrons.